The summed E-state index contributed by atoms with van der Waals surface area (Å²) in [6, 6.07) is 2.54. The van der Waals surface area contributed by atoms with E-state index in [-0.39, 0.29) is 24.2 Å². The van der Waals surface area contributed by atoms with Gasteiger partial charge in [-0.3, -0.25) is 5.10 Å². The summed E-state index contributed by atoms with van der Waals surface area (Å²) in [6.45, 7) is 7.75. The minimum Gasteiger partial charge on any atom is -0.444 e. The lowest BCUT2D eigenvalue weighted by atomic mass is 9.82. The first kappa shape index (κ1) is 22.7. The van der Waals surface area contributed by atoms with E-state index in [1.165, 1.54) is 0 Å². The number of rotatable bonds is 4. The van der Waals surface area contributed by atoms with Gasteiger partial charge in [-0.15, -0.1) is 0 Å². The number of allylic oxidation sites excluding steroid dienone is 1. The quantitative estimate of drug-likeness (QED) is 0.587. The van der Waals surface area contributed by atoms with Gasteiger partial charge in [0, 0.05) is 35.4 Å². The summed E-state index contributed by atoms with van der Waals surface area (Å²) in [4.78, 5) is 24.6. The molecule has 3 aliphatic rings. The predicted molar refractivity (Wildman–Crippen MR) is 132 cm³/mol. The summed E-state index contributed by atoms with van der Waals surface area (Å²) in [7, 11) is 0. The third kappa shape index (κ3) is 4.88. The largest absolute Gasteiger partial charge is 0.444 e. The highest BCUT2D eigenvalue weighted by Crippen LogP contribution is 2.36. The maximum atomic E-state index is 12.9. The lowest BCUT2D eigenvalue weighted by Crippen LogP contribution is -2.58. The van der Waals surface area contributed by atoms with Crippen LogP contribution < -0.4 is 10.6 Å². The molecule has 2 fully saturated rings. The molecule has 3 N–H and O–H groups in total. The fourth-order valence-electron chi connectivity index (χ4n) is 5.36. The molecule has 1 amide bonds. The van der Waals surface area contributed by atoms with E-state index >= 15 is 0 Å². The van der Waals surface area contributed by atoms with Gasteiger partial charge in [-0.05, 0) is 72.6 Å². The zero-order valence-corrected chi connectivity index (χ0v) is 20.5. The molecular formula is C25H35N7O2. The van der Waals surface area contributed by atoms with Gasteiger partial charge < -0.3 is 20.3 Å². The van der Waals surface area contributed by atoms with Crippen LogP contribution >= 0.6 is 0 Å². The Balaban J connectivity index is 1.34. The molecule has 4 heterocycles. The number of ether oxygens (including phenoxy) is 1. The smallest absolute Gasteiger partial charge is 0.410 e. The van der Waals surface area contributed by atoms with Crippen LogP contribution in [-0.2, 0) is 11.2 Å². The van der Waals surface area contributed by atoms with E-state index in [1.807, 2.05) is 38.7 Å². The first-order valence-electron chi connectivity index (χ1n) is 12.4. The minimum atomic E-state index is -0.484. The summed E-state index contributed by atoms with van der Waals surface area (Å²) >= 11 is 0. The van der Waals surface area contributed by atoms with E-state index in [4.69, 9.17) is 14.7 Å². The van der Waals surface area contributed by atoms with Crippen molar-refractivity contribution < 1.29 is 9.53 Å². The van der Waals surface area contributed by atoms with E-state index < -0.39 is 5.60 Å². The molecule has 0 saturated carbocycles. The first-order valence-corrected chi connectivity index (χ1v) is 12.4. The van der Waals surface area contributed by atoms with Crippen molar-refractivity contribution in [3.8, 4) is 0 Å². The van der Waals surface area contributed by atoms with Crippen molar-refractivity contribution in [3.63, 3.8) is 0 Å². The van der Waals surface area contributed by atoms with Crippen LogP contribution in [0.25, 0.3) is 6.08 Å². The highest BCUT2D eigenvalue weighted by Gasteiger charge is 2.42. The van der Waals surface area contributed by atoms with Gasteiger partial charge in [-0.2, -0.15) is 10.1 Å². The lowest BCUT2D eigenvalue weighted by Gasteiger charge is -2.48. The summed E-state index contributed by atoms with van der Waals surface area (Å²) in [5.74, 6) is 2.14. The molecule has 34 heavy (non-hydrogen) atoms. The maximum absolute atomic E-state index is 12.9. The highest BCUT2D eigenvalue weighted by atomic mass is 16.6. The second kappa shape index (κ2) is 8.92. The van der Waals surface area contributed by atoms with E-state index in [0.717, 1.165) is 73.5 Å². The lowest BCUT2D eigenvalue weighted by molar-refractivity contribution is -0.0199. The number of nitrogens with one attached hydrogen (secondary N) is 3. The van der Waals surface area contributed by atoms with Gasteiger partial charge in [-0.1, -0.05) is 12.2 Å². The zero-order valence-electron chi connectivity index (χ0n) is 20.5. The topological polar surface area (TPSA) is 108 Å². The number of anilines is 3. The standard InChI is InChI=1S/C25H35N7O2/c1-15-12-21(31-30-15)28-22-19-10-5-6-11-20(19)27-23(29-22)26-16-13-17-8-7-9-18(14-16)32(17)24(33)34-25(2,3)4/h5,10,12,16-18H,6-9,11,13-14H2,1-4H3,(H3,26,27,28,29,30,31)/t16?,17-,18+. The van der Waals surface area contributed by atoms with Gasteiger partial charge in [0.05, 0.1) is 5.69 Å². The van der Waals surface area contributed by atoms with Crippen LogP contribution in [0.5, 0.6) is 0 Å². The summed E-state index contributed by atoms with van der Waals surface area (Å²) in [6.07, 6.45) is 10.8. The highest BCUT2D eigenvalue weighted by molar-refractivity contribution is 5.71. The predicted octanol–water partition coefficient (Wildman–Crippen LogP) is 4.94. The molecule has 1 unspecified atom stereocenters. The molecule has 5 rings (SSSR count). The van der Waals surface area contributed by atoms with Crippen LogP contribution in [0, 0.1) is 6.92 Å². The van der Waals surface area contributed by atoms with E-state index in [2.05, 4.69) is 33.0 Å². The molecule has 9 nitrogen and oxygen atoms in total. The number of hydrogen-bond donors (Lipinski definition) is 3. The molecule has 0 radical (unpaired) electrons. The van der Waals surface area contributed by atoms with Crippen molar-refractivity contribution in [1.29, 1.82) is 0 Å². The number of nitrogens with zero attached hydrogens (tertiary/aromatic N) is 4. The normalized spacial score (nSPS) is 23.9. The van der Waals surface area contributed by atoms with E-state index in [0.29, 0.717) is 5.95 Å². The number of amides is 1. The second-order valence-corrected chi connectivity index (χ2v) is 10.7. The van der Waals surface area contributed by atoms with Gasteiger partial charge in [0.15, 0.2) is 5.82 Å². The Kier molecular flexibility index (Phi) is 5.95. The van der Waals surface area contributed by atoms with Crippen LogP contribution in [0.15, 0.2) is 12.1 Å². The van der Waals surface area contributed by atoms with E-state index in [9.17, 15) is 4.79 Å². The van der Waals surface area contributed by atoms with Gasteiger partial charge in [0.25, 0.3) is 0 Å². The van der Waals surface area contributed by atoms with Gasteiger partial charge >= 0.3 is 6.09 Å². The Morgan fingerprint density at radius 3 is 2.65 bits per heavy atom. The fourth-order valence-corrected chi connectivity index (χ4v) is 5.36. The Hall–Kier alpha value is -3.10. The van der Waals surface area contributed by atoms with Crippen LogP contribution in [0.2, 0.25) is 0 Å². The molecule has 2 bridgehead atoms. The Morgan fingerprint density at radius 1 is 1.21 bits per heavy atom. The minimum absolute atomic E-state index is 0.182. The average Bonchev–Trinajstić information content (AvgIpc) is 3.16. The molecule has 182 valence electrons. The Labute approximate surface area is 200 Å². The van der Waals surface area contributed by atoms with E-state index in [1.54, 1.807) is 0 Å². The number of aromatic nitrogens is 4. The van der Waals surface area contributed by atoms with Crippen LogP contribution in [0.1, 0.15) is 76.2 Å². The zero-order chi connectivity index (χ0) is 23.9. The summed E-state index contributed by atoms with van der Waals surface area (Å²) in [5, 5.41) is 14.2. The molecule has 2 aromatic rings. The molecule has 1 aliphatic carbocycles. The molecule has 0 spiro atoms. The molecule has 0 aromatic carbocycles. The van der Waals surface area contributed by atoms with Crippen molar-refractivity contribution >= 4 is 29.8 Å². The number of piperidine rings is 2. The third-order valence-corrected chi connectivity index (χ3v) is 6.72. The number of carbonyl (C=O) groups excluding carboxylic acids is 1. The maximum Gasteiger partial charge on any atom is 0.410 e. The SMILES string of the molecule is Cc1cc(Nc2nc(NC3C[C@H]4CCC[C@@H](C3)N4C(=O)OC(C)(C)C)nc3c2C=CCC3)n[nH]1. The van der Waals surface area contributed by atoms with Crippen LogP contribution in [0.4, 0.5) is 22.4 Å². The van der Waals surface area contributed by atoms with Crippen molar-refractivity contribution in [1.82, 2.24) is 25.1 Å². The van der Waals surface area contributed by atoms with Gasteiger partial charge in [0.1, 0.15) is 11.4 Å². The molecule has 9 heteroatoms. The monoisotopic (exact) mass is 465 g/mol. The first-order chi connectivity index (χ1) is 16.2. The Morgan fingerprint density at radius 2 is 1.97 bits per heavy atom. The van der Waals surface area contributed by atoms with Crippen molar-refractivity contribution in [2.24, 2.45) is 0 Å². The number of H-pyrrole nitrogens is 1. The van der Waals surface area contributed by atoms with Crippen molar-refractivity contribution in [2.75, 3.05) is 10.6 Å². The van der Waals surface area contributed by atoms with Crippen molar-refractivity contribution in [3.05, 3.63) is 29.1 Å². The molecule has 2 saturated heterocycles. The molecule has 2 aliphatic heterocycles. The molecule has 3 atom stereocenters. The number of aryl methyl sites for hydroxylation is 2. The molecule has 2 aromatic heterocycles. The Bertz CT molecular complexity index is 1070. The van der Waals surface area contributed by atoms with Crippen LogP contribution in [-0.4, -0.2) is 54.9 Å². The van der Waals surface area contributed by atoms with Gasteiger partial charge in [0.2, 0.25) is 5.95 Å². The van der Waals surface area contributed by atoms with Gasteiger partial charge in [-0.25, -0.2) is 9.78 Å². The number of hydrogen-bond acceptors (Lipinski definition) is 7. The summed E-state index contributed by atoms with van der Waals surface area (Å²) < 4.78 is 5.72. The number of carbonyl (C=O) groups is 1. The van der Waals surface area contributed by atoms with Crippen molar-refractivity contribution in [2.45, 2.75) is 96.4 Å². The second-order valence-electron chi connectivity index (χ2n) is 10.7. The third-order valence-electron chi connectivity index (χ3n) is 6.72. The van der Waals surface area contributed by atoms with Crippen LogP contribution in [0.3, 0.4) is 0 Å². The average molecular weight is 466 g/mol. The molecular weight excluding hydrogens is 430 g/mol. The fraction of sp³-hybridized carbons (Fsp3) is 0.600. The summed E-state index contributed by atoms with van der Waals surface area (Å²) in [5.41, 5.74) is 2.57. The number of fused-ring (bicyclic) bond motifs is 3. The number of aromatic amines is 1.